The Morgan fingerprint density at radius 1 is 1.16 bits per heavy atom. The van der Waals surface area contributed by atoms with Crippen molar-refractivity contribution in [1.82, 2.24) is 9.80 Å². The number of carbonyl (C=O) groups is 2. The van der Waals surface area contributed by atoms with E-state index in [0.717, 1.165) is 24.0 Å². The van der Waals surface area contributed by atoms with Gasteiger partial charge in [0.2, 0.25) is 5.91 Å². The first-order chi connectivity index (χ1) is 15.0. The third-order valence-corrected chi connectivity index (χ3v) is 6.03. The highest BCUT2D eigenvalue weighted by molar-refractivity contribution is 5.97. The number of hydrogen-bond acceptors (Lipinski definition) is 3. The lowest BCUT2D eigenvalue weighted by molar-refractivity contribution is -0.159. The van der Waals surface area contributed by atoms with Crippen LogP contribution in [0.25, 0.3) is 0 Å². The van der Waals surface area contributed by atoms with Crippen LogP contribution in [0.1, 0.15) is 47.2 Å². The van der Waals surface area contributed by atoms with Crippen LogP contribution in [0.15, 0.2) is 48.5 Å². The summed E-state index contributed by atoms with van der Waals surface area (Å²) in [5.41, 5.74) is 2.30. The van der Waals surface area contributed by atoms with Gasteiger partial charge in [0.15, 0.2) is 0 Å². The molecule has 31 heavy (non-hydrogen) atoms. The monoisotopic (exact) mass is 420 g/mol. The van der Waals surface area contributed by atoms with Gasteiger partial charge in [0, 0.05) is 30.0 Å². The van der Waals surface area contributed by atoms with Gasteiger partial charge in [0.1, 0.15) is 12.4 Å². The zero-order valence-electron chi connectivity index (χ0n) is 17.4. The molecule has 2 aromatic carbocycles. The molecule has 2 aromatic rings. The molecule has 0 unspecified atom stereocenters. The van der Waals surface area contributed by atoms with Crippen LogP contribution in [0.4, 0.5) is 4.39 Å². The lowest BCUT2D eigenvalue weighted by Crippen LogP contribution is -2.73. The SMILES string of the molecule is CCCC#Cc1ccc([C@H]2[C@@H](CO)N3C(=O)CN(C(=O)c4ccc(F)cc4)C[C@H]23)cc1. The second-order valence-electron chi connectivity index (χ2n) is 8.01. The molecule has 1 N–H and O–H groups in total. The van der Waals surface area contributed by atoms with Crippen LogP contribution in [0.2, 0.25) is 0 Å². The fourth-order valence-corrected chi connectivity index (χ4v) is 4.51. The molecular weight excluding hydrogens is 395 g/mol. The first-order valence-corrected chi connectivity index (χ1v) is 10.6. The van der Waals surface area contributed by atoms with Gasteiger partial charge in [-0.1, -0.05) is 30.9 Å². The first-order valence-electron chi connectivity index (χ1n) is 10.6. The van der Waals surface area contributed by atoms with E-state index >= 15 is 0 Å². The van der Waals surface area contributed by atoms with E-state index in [4.69, 9.17) is 0 Å². The summed E-state index contributed by atoms with van der Waals surface area (Å²) in [4.78, 5) is 28.8. The topological polar surface area (TPSA) is 60.9 Å². The number of amides is 2. The molecule has 2 amide bonds. The van der Waals surface area contributed by atoms with Crippen LogP contribution in [0.3, 0.4) is 0 Å². The van der Waals surface area contributed by atoms with Gasteiger partial charge in [-0.2, -0.15) is 0 Å². The van der Waals surface area contributed by atoms with Crippen molar-refractivity contribution >= 4 is 11.8 Å². The molecule has 2 aliphatic rings. The average molecular weight is 420 g/mol. The summed E-state index contributed by atoms with van der Waals surface area (Å²) in [5.74, 6) is 5.32. The number of aliphatic hydroxyl groups excluding tert-OH is 1. The van der Waals surface area contributed by atoms with E-state index in [1.54, 1.807) is 4.90 Å². The van der Waals surface area contributed by atoms with Gasteiger partial charge in [0.25, 0.3) is 5.91 Å². The third-order valence-electron chi connectivity index (χ3n) is 6.03. The number of unbranched alkanes of at least 4 members (excludes halogenated alkanes) is 1. The molecule has 0 aliphatic carbocycles. The smallest absolute Gasteiger partial charge is 0.254 e. The number of carbonyl (C=O) groups excluding carboxylic acids is 2. The van der Waals surface area contributed by atoms with Crippen molar-refractivity contribution in [2.45, 2.75) is 37.8 Å². The molecule has 160 valence electrons. The van der Waals surface area contributed by atoms with E-state index in [0.29, 0.717) is 12.1 Å². The summed E-state index contributed by atoms with van der Waals surface area (Å²) in [7, 11) is 0. The van der Waals surface area contributed by atoms with Gasteiger partial charge in [-0.3, -0.25) is 9.59 Å². The van der Waals surface area contributed by atoms with Crippen molar-refractivity contribution in [3.63, 3.8) is 0 Å². The number of hydrogen-bond donors (Lipinski definition) is 1. The molecule has 2 fully saturated rings. The number of halogens is 1. The van der Waals surface area contributed by atoms with Gasteiger partial charge >= 0.3 is 0 Å². The molecular formula is C25H25FN2O3. The summed E-state index contributed by atoms with van der Waals surface area (Å²) in [6.45, 7) is 2.30. The number of rotatable bonds is 4. The molecule has 4 rings (SSSR count). The van der Waals surface area contributed by atoms with Crippen molar-refractivity contribution < 1.29 is 19.1 Å². The van der Waals surface area contributed by atoms with E-state index in [1.807, 2.05) is 24.3 Å². The molecule has 0 spiro atoms. The molecule has 0 bridgehead atoms. The van der Waals surface area contributed by atoms with Crippen LogP contribution in [0.5, 0.6) is 0 Å². The maximum atomic E-state index is 13.2. The van der Waals surface area contributed by atoms with E-state index < -0.39 is 5.82 Å². The summed E-state index contributed by atoms with van der Waals surface area (Å²) in [6, 6.07) is 12.8. The standard InChI is InChI=1S/C25H25FN2O3/c1-2-3-4-5-17-6-8-18(9-7-17)24-21-14-27(15-23(30)28(21)22(24)16-29)25(31)19-10-12-20(26)13-11-19/h6-13,21-22,24,29H,2-3,14-16H2,1H3/t21-,22-,24-/m1/s1. The summed E-state index contributed by atoms with van der Waals surface area (Å²) >= 11 is 0. The summed E-state index contributed by atoms with van der Waals surface area (Å²) < 4.78 is 13.2. The van der Waals surface area contributed by atoms with Gasteiger partial charge in [0.05, 0.1) is 18.7 Å². The van der Waals surface area contributed by atoms with Gasteiger partial charge in [-0.25, -0.2) is 4.39 Å². The van der Waals surface area contributed by atoms with Gasteiger partial charge < -0.3 is 14.9 Å². The average Bonchev–Trinajstić information content (AvgIpc) is 2.76. The lowest BCUT2D eigenvalue weighted by Gasteiger charge is -2.58. The zero-order chi connectivity index (χ0) is 22.0. The summed E-state index contributed by atoms with van der Waals surface area (Å²) in [6.07, 6.45) is 1.87. The van der Waals surface area contributed by atoms with E-state index in [9.17, 15) is 19.1 Å². The minimum atomic E-state index is -0.412. The largest absolute Gasteiger partial charge is 0.394 e. The van der Waals surface area contributed by atoms with E-state index in [1.165, 1.54) is 29.2 Å². The Hall–Kier alpha value is -3.17. The molecule has 6 heteroatoms. The number of fused-ring (bicyclic) bond motifs is 1. The Bertz CT molecular complexity index is 1020. The molecule has 0 saturated carbocycles. The summed E-state index contributed by atoms with van der Waals surface area (Å²) in [5, 5.41) is 9.92. The minimum Gasteiger partial charge on any atom is -0.394 e. The Labute approximate surface area is 181 Å². The van der Waals surface area contributed by atoms with Crippen molar-refractivity contribution in [2.24, 2.45) is 0 Å². The van der Waals surface area contributed by atoms with Gasteiger partial charge in [-0.05, 0) is 48.4 Å². The highest BCUT2D eigenvalue weighted by Crippen LogP contribution is 2.43. The first kappa shape index (κ1) is 21.1. The van der Waals surface area contributed by atoms with Crippen molar-refractivity contribution in [1.29, 1.82) is 0 Å². The quantitative estimate of drug-likeness (QED) is 0.774. The fourth-order valence-electron chi connectivity index (χ4n) is 4.51. The van der Waals surface area contributed by atoms with Crippen molar-refractivity contribution in [2.75, 3.05) is 19.7 Å². The van der Waals surface area contributed by atoms with E-state index in [-0.39, 0.29) is 43.0 Å². The predicted octanol–water partition coefficient (Wildman–Crippen LogP) is 2.79. The number of nitrogens with zero attached hydrogens (tertiary/aromatic N) is 2. The second kappa shape index (κ2) is 8.91. The van der Waals surface area contributed by atoms with Crippen LogP contribution in [-0.2, 0) is 4.79 Å². The fraction of sp³-hybridized carbons (Fsp3) is 0.360. The van der Waals surface area contributed by atoms with Crippen molar-refractivity contribution in [3.8, 4) is 11.8 Å². The maximum absolute atomic E-state index is 13.2. The van der Waals surface area contributed by atoms with Crippen LogP contribution in [0, 0.1) is 17.7 Å². The Morgan fingerprint density at radius 2 is 1.87 bits per heavy atom. The van der Waals surface area contributed by atoms with Crippen molar-refractivity contribution in [3.05, 3.63) is 71.0 Å². The molecule has 3 atom stereocenters. The molecule has 2 saturated heterocycles. The molecule has 5 nitrogen and oxygen atoms in total. The Morgan fingerprint density at radius 3 is 2.52 bits per heavy atom. The number of aliphatic hydroxyl groups is 1. The lowest BCUT2D eigenvalue weighted by atomic mass is 9.73. The van der Waals surface area contributed by atoms with Crippen LogP contribution >= 0.6 is 0 Å². The molecule has 2 aliphatic heterocycles. The number of benzene rings is 2. The van der Waals surface area contributed by atoms with Crippen LogP contribution in [-0.4, -0.2) is 58.5 Å². The van der Waals surface area contributed by atoms with Crippen LogP contribution < -0.4 is 0 Å². The third kappa shape index (κ3) is 4.06. The molecule has 0 aromatic heterocycles. The van der Waals surface area contributed by atoms with Gasteiger partial charge in [-0.15, -0.1) is 0 Å². The Balaban J connectivity index is 1.53. The second-order valence-corrected chi connectivity index (χ2v) is 8.01. The normalized spacial score (nSPS) is 22.3. The predicted molar refractivity (Wildman–Crippen MR) is 115 cm³/mol. The minimum absolute atomic E-state index is 0.0398. The highest BCUT2D eigenvalue weighted by atomic mass is 19.1. The molecule has 0 radical (unpaired) electrons. The molecule has 2 heterocycles. The van der Waals surface area contributed by atoms with E-state index in [2.05, 4.69) is 18.8 Å². The Kier molecular flexibility index (Phi) is 6.06. The maximum Gasteiger partial charge on any atom is 0.254 e. The highest BCUT2D eigenvalue weighted by Gasteiger charge is 2.54. The zero-order valence-corrected chi connectivity index (χ0v) is 17.4. The number of piperazine rings is 1.